The summed E-state index contributed by atoms with van der Waals surface area (Å²) < 4.78 is 0. The molecule has 0 aromatic rings. The molecule has 2 unspecified atom stereocenters. The summed E-state index contributed by atoms with van der Waals surface area (Å²) in [5, 5.41) is 3.46. The van der Waals surface area contributed by atoms with Gasteiger partial charge in [0.25, 0.3) is 0 Å². The van der Waals surface area contributed by atoms with E-state index in [4.69, 9.17) is 5.73 Å². The first kappa shape index (κ1) is 8.05. The van der Waals surface area contributed by atoms with Crippen molar-refractivity contribution in [3.63, 3.8) is 0 Å². The summed E-state index contributed by atoms with van der Waals surface area (Å²) >= 11 is 0. The van der Waals surface area contributed by atoms with Crippen LogP contribution in [0.4, 0.5) is 0 Å². The Labute approximate surface area is 72.7 Å². The van der Waals surface area contributed by atoms with Crippen molar-refractivity contribution in [2.75, 3.05) is 6.54 Å². The first-order valence-electron chi connectivity index (χ1n) is 4.79. The maximum absolute atomic E-state index is 11.1. The van der Waals surface area contributed by atoms with Gasteiger partial charge in [0, 0.05) is 5.54 Å². The Hall–Kier alpha value is -0.570. The minimum absolute atomic E-state index is 0.0972. The molecule has 2 atom stereocenters. The molecule has 1 aliphatic heterocycles. The minimum Gasteiger partial charge on any atom is -0.369 e. The Bertz CT molecular complexity index is 191. The third kappa shape index (κ3) is 1.04. The van der Waals surface area contributed by atoms with Crippen molar-refractivity contribution in [2.45, 2.75) is 37.6 Å². The van der Waals surface area contributed by atoms with Crippen LogP contribution in [-0.4, -0.2) is 18.0 Å². The van der Waals surface area contributed by atoms with Crippen molar-refractivity contribution < 1.29 is 4.79 Å². The zero-order valence-electron chi connectivity index (χ0n) is 7.31. The van der Waals surface area contributed by atoms with E-state index in [0.29, 0.717) is 0 Å². The molecule has 3 heteroatoms. The summed E-state index contributed by atoms with van der Waals surface area (Å²) in [6, 6.07) is 0. The highest BCUT2D eigenvalue weighted by Gasteiger charge is 2.46. The van der Waals surface area contributed by atoms with Crippen molar-refractivity contribution in [3.8, 4) is 0 Å². The second-order valence-corrected chi connectivity index (χ2v) is 4.03. The highest BCUT2D eigenvalue weighted by atomic mass is 16.1. The van der Waals surface area contributed by atoms with Gasteiger partial charge in [-0.25, -0.2) is 0 Å². The fraction of sp³-hybridized carbons (Fsp3) is 0.889. The van der Waals surface area contributed by atoms with Crippen molar-refractivity contribution in [3.05, 3.63) is 0 Å². The van der Waals surface area contributed by atoms with Gasteiger partial charge >= 0.3 is 0 Å². The molecule has 0 aromatic heterocycles. The molecule has 0 radical (unpaired) electrons. The van der Waals surface area contributed by atoms with E-state index < -0.39 is 0 Å². The Morgan fingerprint density at radius 2 is 2.17 bits per heavy atom. The predicted octanol–water partition coefficient (Wildman–Crippen LogP) is 0.394. The minimum atomic E-state index is -0.109. The van der Waals surface area contributed by atoms with Crippen LogP contribution in [0.15, 0.2) is 0 Å². The largest absolute Gasteiger partial charge is 0.369 e. The molecule has 3 nitrogen and oxygen atoms in total. The van der Waals surface area contributed by atoms with E-state index in [2.05, 4.69) is 5.32 Å². The highest BCUT2D eigenvalue weighted by molar-refractivity contribution is 5.78. The standard InChI is InChI=1S/C9H16N2O/c10-8(12)7-3-1-4-9(7)5-2-6-11-9/h7,11H,1-6H2,(H2,10,12). The number of rotatable bonds is 1. The summed E-state index contributed by atoms with van der Waals surface area (Å²) in [6.45, 7) is 1.06. The molecule has 1 heterocycles. The van der Waals surface area contributed by atoms with Gasteiger partial charge in [0.1, 0.15) is 0 Å². The fourth-order valence-corrected chi connectivity index (χ4v) is 2.83. The van der Waals surface area contributed by atoms with Crippen molar-refractivity contribution >= 4 is 5.91 Å². The van der Waals surface area contributed by atoms with Crippen molar-refractivity contribution in [1.29, 1.82) is 0 Å². The van der Waals surface area contributed by atoms with E-state index in [0.717, 1.165) is 32.2 Å². The number of primary amides is 1. The van der Waals surface area contributed by atoms with Gasteiger partial charge < -0.3 is 11.1 Å². The first-order valence-corrected chi connectivity index (χ1v) is 4.79. The second-order valence-electron chi connectivity index (χ2n) is 4.03. The van der Waals surface area contributed by atoms with Gasteiger partial charge in [-0.2, -0.15) is 0 Å². The average molecular weight is 168 g/mol. The molecule has 2 rings (SSSR count). The van der Waals surface area contributed by atoms with Crippen molar-refractivity contribution in [2.24, 2.45) is 11.7 Å². The van der Waals surface area contributed by atoms with Gasteiger partial charge in [0.05, 0.1) is 5.92 Å². The summed E-state index contributed by atoms with van der Waals surface area (Å²) in [5.41, 5.74) is 5.48. The second kappa shape index (κ2) is 2.73. The maximum Gasteiger partial charge on any atom is 0.222 e. The molecular weight excluding hydrogens is 152 g/mol. The lowest BCUT2D eigenvalue weighted by Gasteiger charge is -2.29. The molecule has 2 fully saturated rings. The van der Waals surface area contributed by atoms with Gasteiger partial charge in [-0.1, -0.05) is 6.42 Å². The third-order valence-electron chi connectivity index (χ3n) is 3.40. The molecule has 1 aliphatic carbocycles. The molecule has 1 saturated heterocycles. The number of carbonyl (C=O) groups excluding carboxylic acids is 1. The molecule has 0 aromatic carbocycles. The summed E-state index contributed by atoms with van der Waals surface area (Å²) in [6.07, 6.45) is 5.62. The van der Waals surface area contributed by atoms with E-state index >= 15 is 0 Å². The SMILES string of the molecule is NC(=O)C1CCCC12CCCN2. The van der Waals surface area contributed by atoms with Gasteiger partial charge in [0.2, 0.25) is 5.91 Å². The van der Waals surface area contributed by atoms with Crippen LogP contribution in [0.1, 0.15) is 32.1 Å². The number of hydrogen-bond acceptors (Lipinski definition) is 2. The van der Waals surface area contributed by atoms with E-state index in [1.807, 2.05) is 0 Å². The first-order chi connectivity index (χ1) is 5.75. The molecule has 2 aliphatic rings. The molecule has 68 valence electrons. The Morgan fingerprint density at radius 3 is 2.75 bits per heavy atom. The van der Waals surface area contributed by atoms with Crippen LogP contribution in [0.3, 0.4) is 0 Å². The Morgan fingerprint density at radius 1 is 1.42 bits per heavy atom. The van der Waals surface area contributed by atoms with Gasteiger partial charge in [0.15, 0.2) is 0 Å². The summed E-state index contributed by atoms with van der Waals surface area (Å²) in [5.74, 6) is -0.0121. The van der Waals surface area contributed by atoms with Gasteiger partial charge in [-0.15, -0.1) is 0 Å². The summed E-state index contributed by atoms with van der Waals surface area (Å²) in [4.78, 5) is 11.1. The summed E-state index contributed by atoms with van der Waals surface area (Å²) in [7, 11) is 0. The van der Waals surface area contributed by atoms with E-state index in [1.54, 1.807) is 0 Å². The van der Waals surface area contributed by atoms with Crippen LogP contribution in [-0.2, 0) is 4.79 Å². The molecule has 0 bridgehead atoms. The monoisotopic (exact) mass is 168 g/mol. The molecular formula is C9H16N2O. The number of hydrogen-bond donors (Lipinski definition) is 2. The topological polar surface area (TPSA) is 55.1 Å². The Kier molecular flexibility index (Phi) is 1.83. The van der Waals surface area contributed by atoms with E-state index in [1.165, 1.54) is 6.42 Å². The van der Waals surface area contributed by atoms with Crippen LogP contribution in [0, 0.1) is 5.92 Å². The predicted molar refractivity (Wildman–Crippen MR) is 46.5 cm³/mol. The fourth-order valence-electron chi connectivity index (χ4n) is 2.83. The highest BCUT2D eigenvalue weighted by Crippen LogP contribution is 2.41. The zero-order chi connectivity index (χ0) is 8.60. The Balaban J connectivity index is 2.17. The van der Waals surface area contributed by atoms with E-state index in [9.17, 15) is 4.79 Å². The third-order valence-corrected chi connectivity index (χ3v) is 3.40. The van der Waals surface area contributed by atoms with Crippen LogP contribution >= 0.6 is 0 Å². The number of carbonyl (C=O) groups is 1. The number of nitrogens with two attached hydrogens (primary N) is 1. The van der Waals surface area contributed by atoms with Gasteiger partial charge in [-0.05, 0) is 32.2 Å². The van der Waals surface area contributed by atoms with Crippen LogP contribution < -0.4 is 11.1 Å². The maximum atomic E-state index is 11.1. The van der Waals surface area contributed by atoms with Crippen LogP contribution in [0.5, 0.6) is 0 Å². The normalized spacial score (nSPS) is 40.8. The smallest absolute Gasteiger partial charge is 0.222 e. The molecule has 1 spiro atoms. The molecule has 12 heavy (non-hydrogen) atoms. The van der Waals surface area contributed by atoms with Gasteiger partial charge in [-0.3, -0.25) is 4.79 Å². The average Bonchev–Trinajstić information content (AvgIpc) is 2.61. The molecule has 1 saturated carbocycles. The number of amides is 1. The van der Waals surface area contributed by atoms with Crippen molar-refractivity contribution in [1.82, 2.24) is 5.32 Å². The lowest BCUT2D eigenvalue weighted by atomic mass is 9.85. The zero-order valence-corrected chi connectivity index (χ0v) is 7.31. The molecule has 3 N–H and O–H groups in total. The van der Waals surface area contributed by atoms with Crippen LogP contribution in [0.25, 0.3) is 0 Å². The lowest BCUT2D eigenvalue weighted by molar-refractivity contribution is -0.123. The lowest BCUT2D eigenvalue weighted by Crippen LogP contribution is -2.48. The number of nitrogens with one attached hydrogen (secondary N) is 1. The van der Waals surface area contributed by atoms with Crippen LogP contribution in [0.2, 0.25) is 0 Å². The molecule has 1 amide bonds. The van der Waals surface area contributed by atoms with E-state index in [-0.39, 0.29) is 17.4 Å². The quantitative estimate of drug-likeness (QED) is 0.595.